The molecule has 29 heavy (non-hydrogen) atoms. The average molecular weight is 392 g/mol. The van der Waals surface area contributed by atoms with E-state index in [4.69, 9.17) is 4.74 Å². The SMILES string of the molecule is COc1ccc(N2CCN(C(=O)Cn3c(=O)c(C)nc4ccccc43)CC2)cc1. The topological polar surface area (TPSA) is 67.7 Å². The summed E-state index contributed by atoms with van der Waals surface area (Å²) in [5.74, 6) is 0.783. The number of amides is 1. The second kappa shape index (κ2) is 7.95. The van der Waals surface area contributed by atoms with Gasteiger partial charge >= 0.3 is 0 Å². The molecule has 0 spiro atoms. The summed E-state index contributed by atoms with van der Waals surface area (Å²) in [5.41, 5.74) is 2.72. The van der Waals surface area contributed by atoms with Gasteiger partial charge in [-0.1, -0.05) is 12.1 Å². The van der Waals surface area contributed by atoms with Gasteiger partial charge < -0.3 is 14.5 Å². The van der Waals surface area contributed by atoms with E-state index in [0.29, 0.717) is 24.3 Å². The normalized spacial score (nSPS) is 14.3. The zero-order chi connectivity index (χ0) is 20.4. The van der Waals surface area contributed by atoms with Crippen molar-refractivity contribution in [2.45, 2.75) is 13.5 Å². The number of nitrogens with zero attached hydrogens (tertiary/aromatic N) is 4. The molecule has 150 valence electrons. The van der Waals surface area contributed by atoms with Crippen LogP contribution in [0.25, 0.3) is 11.0 Å². The lowest BCUT2D eigenvalue weighted by Crippen LogP contribution is -2.50. The fourth-order valence-corrected chi connectivity index (χ4v) is 3.72. The molecule has 1 amide bonds. The average Bonchev–Trinajstić information content (AvgIpc) is 2.77. The Hall–Kier alpha value is -3.35. The minimum absolute atomic E-state index is 0.0330. The molecule has 1 fully saturated rings. The van der Waals surface area contributed by atoms with Gasteiger partial charge in [0, 0.05) is 31.9 Å². The Kier molecular flexibility index (Phi) is 5.20. The largest absolute Gasteiger partial charge is 0.497 e. The zero-order valence-corrected chi connectivity index (χ0v) is 16.7. The summed E-state index contributed by atoms with van der Waals surface area (Å²) in [4.78, 5) is 33.9. The summed E-state index contributed by atoms with van der Waals surface area (Å²) in [6, 6.07) is 15.4. The lowest BCUT2D eigenvalue weighted by molar-refractivity contribution is -0.132. The number of carbonyl (C=O) groups is 1. The third-order valence-corrected chi connectivity index (χ3v) is 5.38. The maximum absolute atomic E-state index is 12.9. The van der Waals surface area contributed by atoms with E-state index in [2.05, 4.69) is 9.88 Å². The Morgan fingerprint density at radius 1 is 1.03 bits per heavy atom. The summed E-state index contributed by atoms with van der Waals surface area (Å²) in [6.45, 7) is 4.48. The van der Waals surface area contributed by atoms with Crippen LogP contribution in [0.1, 0.15) is 5.69 Å². The van der Waals surface area contributed by atoms with Crippen LogP contribution in [-0.4, -0.2) is 53.6 Å². The van der Waals surface area contributed by atoms with Crippen LogP contribution >= 0.6 is 0 Å². The van der Waals surface area contributed by atoms with Crippen molar-refractivity contribution in [1.29, 1.82) is 0 Å². The number of para-hydroxylation sites is 2. The maximum atomic E-state index is 12.9. The Labute approximate surface area is 169 Å². The van der Waals surface area contributed by atoms with Crippen molar-refractivity contribution in [2.24, 2.45) is 0 Å². The number of hydrogen-bond donors (Lipinski definition) is 0. The van der Waals surface area contributed by atoms with Gasteiger partial charge in [0.25, 0.3) is 5.56 Å². The molecular formula is C22H24N4O3. The number of methoxy groups -OCH3 is 1. The minimum Gasteiger partial charge on any atom is -0.497 e. The molecule has 2 aromatic carbocycles. The predicted octanol–water partition coefficient (Wildman–Crippen LogP) is 2.06. The minimum atomic E-state index is -0.214. The number of piperazine rings is 1. The molecule has 0 atom stereocenters. The smallest absolute Gasteiger partial charge is 0.272 e. The van der Waals surface area contributed by atoms with Crippen molar-refractivity contribution in [3.63, 3.8) is 0 Å². The number of benzene rings is 2. The molecule has 2 heterocycles. The quantitative estimate of drug-likeness (QED) is 0.680. The summed E-state index contributed by atoms with van der Waals surface area (Å²) in [6.07, 6.45) is 0. The van der Waals surface area contributed by atoms with Gasteiger partial charge in [-0.25, -0.2) is 4.98 Å². The monoisotopic (exact) mass is 392 g/mol. The number of hydrogen-bond acceptors (Lipinski definition) is 5. The van der Waals surface area contributed by atoms with E-state index in [1.165, 1.54) is 4.57 Å². The van der Waals surface area contributed by atoms with Crippen LogP contribution in [0.5, 0.6) is 5.75 Å². The Morgan fingerprint density at radius 3 is 2.41 bits per heavy atom. The Morgan fingerprint density at radius 2 is 1.72 bits per heavy atom. The van der Waals surface area contributed by atoms with Crippen LogP contribution in [0.2, 0.25) is 0 Å². The summed E-state index contributed by atoms with van der Waals surface area (Å²) in [7, 11) is 1.65. The van der Waals surface area contributed by atoms with E-state index in [1.807, 2.05) is 53.4 Å². The number of aromatic nitrogens is 2. The van der Waals surface area contributed by atoms with Crippen LogP contribution in [-0.2, 0) is 11.3 Å². The van der Waals surface area contributed by atoms with Gasteiger partial charge in [0.1, 0.15) is 18.0 Å². The van der Waals surface area contributed by atoms with E-state index in [9.17, 15) is 9.59 Å². The van der Waals surface area contributed by atoms with Gasteiger partial charge in [-0.2, -0.15) is 0 Å². The fraction of sp³-hybridized carbons (Fsp3) is 0.318. The second-order valence-electron chi connectivity index (χ2n) is 7.14. The molecule has 0 N–H and O–H groups in total. The molecule has 3 aromatic rings. The third kappa shape index (κ3) is 3.81. The van der Waals surface area contributed by atoms with Crippen molar-refractivity contribution in [3.8, 4) is 5.75 Å². The number of fused-ring (bicyclic) bond motifs is 1. The van der Waals surface area contributed by atoms with Gasteiger partial charge in [0.05, 0.1) is 18.1 Å². The van der Waals surface area contributed by atoms with Crippen LogP contribution in [0.15, 0.2) is 53.3 Å². The van der Waals surface area contributed by atoms with Gasteiger partial charge in [-0.15, -0.1) is 0 Å². The molecule has 0 saturated carbocycles. The number of ether oxygens (including phenoxy) is 1. The molecule has 1 aliphatic heterocycles. The Bertz CT molecular complexity index is 1080. The predicted molar refractivity (Wildman–Crippen MR) is 113 cm³/mol. The van der Waals surface area contributed by atoms with Crippen molar-refractivity contribution in [2.75, 3.05) is 38.2 Å². The molecule has 7 heteroatoms. The van der Waals surface area contributed by atoms with E-state index >= 15 is 0 Å². The fourth-order valence-electron chi connectivity index (χ4n) is 3.72. The van der Waals surface area contributed by atoms with Crippen molar-refractivity contribution in [1.82, 2.24) is 14.5 Å². The maximum Gasteiger partial charge on any atom is 0.272 e. The molecule has 0 unspecified atom stereocenters. The number of anilines is 1. The first-order valence-corrected chi connectivity index (χ1v) is 9.70. The zero-order valence-electron chi connectivity index (χ0n) is 16.7. The molecule has 1 saturated heterocycles. The molecule has 1 aromatic heterocycles. The lowest BCUT2D eigenvalue weighted by atomic mass is 10.2. The van der Waals surface area contributed by atoms with Crippen molar-refractivity contribution >= 4 is 22.6 Å². The number of aryl methyl sites for hydroxylation is 1. The van der Waals surface area contributed by atoms with Crippen LogP contribution in [0, 0.1) is 6.92 Å². The van der Waals surface area contributed by atoms with E-state index in [1.54, 1.807) is 14.0 Å². The number of carbonyl (C=O) groups excluding carboxylic acids is 1. The Balaban J connectivity index is 1.46. The van der Waals surface area contributed by atoms with Gasteiger partial charge in [-0.3, -0.25) is 14.2 Å². The van der Waals surface area contributed by atoms with E-state index < -0.39 is 0 Å². The van der Waals surface area contributed by atoms with Crippen molar-refractivity contribution in [3.05, 3.63) is 64.6 Å². The second-order valence-corrected chi connectivity index (χ2v) is 7.14. The van der Waals surface area contributed by atoms with Crippen LogP contribution in [0.3, 0.4) is 0 Å². The third-order valence-electron chi connectivity index (χ3n) is 5.38. The highest BCUT2D eigenvalue weighted by molar-refractivity contribution is 5.80. The van der Waals surface area contributed by atoms with E-state index in [0.717, 1.165) is 30.0 Å². The standard InChI is InChI=1S/C22H24N4O3/c1-16-22(28)26(20-6-4-3-5-19(20)23-16)15-21(27)25-13-11-24(12-14-25)17-7-9-18(29-2)10-8-17/h3-10H,11-15H2,1-2H3. The highest BCUT2D eigenvalue weighted by atomic mass is 16.5. The molecule has 7 nitrogen and oxygen atoms in total. The van der Waals surface area contributed by atoms with Gasteiger partial charge in [-0.05, 0) is 43.3 Å². The molecular weight excluding hydrogens is 368 g/mol. The molecule has 0 aliphatic carbocycles. The van der Waals surface area contributed by atoms with E-state index in [-0.39, 0.29) is 18.0 Å². The van der Waals surface area contributed by atoms with Gasteiger partial charge in [0.2, 0.25) is 5.91 Å². The summed E-state index contributed by atoms with van der Waals surface area (Å²) >= 11 is 0. The first-order valence-electron chi connectivity index (χ1n) is 9.70. The molecule has 4 rings (SSSR count). The number of rotatable bonds is 4. The molecule has 0 bridgehead atoms. The molecule has 1 aliphatic rings. The van der Waals surface area contributed by atoms with Crippen LogP contribution < -0.4 is 15.2 Å². The first-order chi connectivity index (χ1) is 14.1. The summed E-state index contributed by atoms with van der Waals surface area (Å²) in [5, 5.41) is 0. The first kappa shape index (κ1) is 19.0. The highest BCUT2D eigenvalue weighted by Crippen LogP contribution is 2.20. The highest BCUT2D eigenvalue weighted by Gasteiger charge is 2.22. The van der Waals surface area contributed by atoms with Crippen LogP contribution in [0.4, 0.5) is 5.69 Å². The molecule has 0 radical (unpaired) electrons. The van der Waals surface area contributed by atoms with Gasteiger partial charge in [0.15, 0.2) is 0 Å². The lowest BCUT2D eigenvalue weighted by Gasteiger charge is -2.36. The van der Waals surface area contributed by atoms with Crippen molar-refractivity contribution < 1.29 is 9.53 Å². The summed E-state index contributed by atoms with van der Waals surface area (Å²) < 4.78 is 6.74.